The fourth-order valence-electron chi connectivity index (χ4n) is 3.58. The number of nitrogens with one attached hydrogen (secondary N) is 1. The van der Waals surface area contributed by atoms with Crippen molar-refractivity contribution in [1.29, 1.82) is 0 Å². The van der Waals surface area contributed by atoms with E-state index >= 15 is 0 Å². The molecule has 3 aromatic carbocycles. The number of aromatic nitrogens is 1. The number of rotatable bonds is 4. The van der Waals surface area contributed by atoms with Gasteiger partial charge in [0.15, 0.2) is 5.84 Å². The molecule has 9 heteroatoms. The Bertz CT molecular complexity index is 1460. The van der Waals surface area contributed by atoms with Crippen LogP contribution in [-0.4, -0.2) is 43.6 Å². The first kappa shape index (κ1) is 20.3. The van der Waals surface area contributed by atoms with Crippen molar-refractivity contribution in [2.75, 3.05) is 18.9 Å². The minimum Gasteiger partial charge on any atom is -0.349 e. The van der Waals surface area contributed by atoms with Crippen LogP contribution in [0.2, 0.25) is 0 Å². The zero-order valence-corrected chi connectivity index (χ0v) is 18.7. The van der Waals surface area contributed by atoms with Gasteiger partial charge in [0.25, 0.3) is 10.0 Å². The molecule has 4 aromatic rings. The van der Waals surface area contributed by atoms with Crippen LogP contribution in [0.15, 0.2) is 82.1 Å². The number of amidine groups is 1. The number of nitrogens with zero attached hydrogens (tertiary/aromatic N) is 3. The van der Waals surface area contributed by atoms with Gasteiger partial charge in [0.1, 0.15) is 9.90 Å². The van der Waals surface area contributed by atoms with Crippen molar-refractivity contribution in [2.45, 2.75) is 4.90 Å². The Labute approximate surface area is 189 Å². The van der Waals surface area contributed by atoms with Gasteiger partial charge >= 0.3 is 0 Å². The molecule has 0 radical (unpaired) electrons. The first-order chi connectivity index (χ1) is 15.4. The molecule has 0 saturated heterocycles. The van der Waals surface area contributed by atoms with Crippen molar-refractivity contribution < 1.29 is 13.2 Å². The van der Waals surface area contributed by atoms with Crippen LogP contribution in [0.3, 0.4) is 0 Å². The number of amides is 1. The summed E-state index contributed by atoms with van der Waals surface area (Å²) in [6, 6.07) is 22.0. The maximum Gasteiger partial charge on any atom is 0.285 e. The van der Waals surface area contributed by atoms with Gasteiger partial charge < -0.3 is 10.2 Å². The maximum absolute atomic E-state index is 12.7. The summed E-state index contributed by atoms with van der Waals surface area (Å²) in [5.74, 6) is -0.0163. The van der Waals surface area contributed by atoms with Gasteiger partial charge in [0.05, 0.1) is 16.8 Å². The molecule has 5 rings (SSSR count). The molecule has 1 N–H and O–H groups in total. The Morgan fingerprint density at radius 1 is 1.03 bits per heavy atom. The van der Waals surface area contributed by atoms with Crippen LogP contribution in [-0.2, 0) is 14.8 Å². The molecule has 160 valence electrons. The molecular weight excluding hydrogens is 444 g/mol. The summed E-state index contributed by atoms with van der Waals surface area (Å²) in [5.41, 5.74) is 3.00. The summed E-state index contributed by atoms with van der Waals surface area (Å²) in [7, 11) is -2.09. The molecule has 0 saturated carbocycles. The Morgan fingerprint density at radius 3 is 2.66 bits per heavy atom. The van der Waals surface area contributed by atoms with Crippen LogP contribution in [0.5, 0.6) is 0 Å². The average Bonchev–Trinajstić information content (AvgIpc) is 3.33. The van der Waals surface area contributed by atoms with E-state index < -0.39 is 10.0 Å². The second-order valence-corrected chi connectivity index (χ2v) is 9.96. The molecule has 0 aliphatic carbocycles. The highest BCUT2D eigenvalue weighted by Crippen LogP contribution is 2.31. The third kappa shape index (κ3) is 3.76. The van der Waals surface area contributed by atoms with Crippen molar-refractivity contribution in [3.8, 4) is 10.6 Å². The van der Waals surface area contributed by atoms with E-state index in [0.29, 0.717) is 11.3 Å². The molecule has 32 heavy (non-hydrogen) atoms. The molecule has 0 fully saturated rings. The van der Waals surface area contributed by atoms with E-state index in [1.54, 1.807) is 36.6 Å². The summed E-state index contributed by atoms with van der Waals surface area (Å²) in [5, 5.41) is 3.75. The summed E-state index contributed by atoms with van der Waals surface area (Å²) >= 11 is 1.59. The van der Waals surface area contributed by atoms with Gasteiger partial charge in [-0.1, -0.05) is 36.4 Å². The highest BCUT2D eigenvalue weighted by atomic mass is 32.2. The number of thiazole rings is 1. The minimum absolute atomic E-state index is 0.0476. The number of benzene rings is 3. The van der Waals surface area contributed by atoms with E-state index in [-0.39, 0.29) is 23.2 Å². The van der Waals surface area contributed by atoms with Crippen LogP contribution in [0.4, 0.5) is 5.69 Å². The maximum atomic E-state index is 12.7. The second kappa shape index (κ2) is 7.85. The average molecular weight is 463 g/mol. The Hall–Kier alpha value is -3.56. The lowest BCUT2D eigenvalue weighted by Crippen LogP contribution is -2.34. The lowest BCUT2D eigenvalue weighted by Gasteiger charge is -2.18. The highest BCUT2D eigenvalue weighted by molar-refractivity contribution is 7.90. The van der Waals surface area contributed by atoms with E-state index in [1.807, 2.05) is 48.5 Å². The monoisotopic (exact) mass is 462 g/mol. The molecule has 1 aliphatic rings. The lowest BCUT2D eigenvalue weighted by molar-refractivity contribution is -0.116. The SMILES string of the molecule is CN(CC(=O)Nc1cccc(-c2nc3ccccc3s2)c1)C1=NS(=O)(=O)c2ccccc21. The lowest BCUT2D eigenvalue weighted by atomic mass is 10.2. The van der Waals surface area contributed by atoms with Gasteiger partial charge in [-0.05, 0) is 36.4 Å². The number of sulfonamides is 1. The number of para-hydroxylation sites is 1. The van der Waals surface area contributed by atoms with Gasteiger partial charge in [-0.25, -0.2) is 4.98 Å². The fraction of sp³-hybridized carbons (Fsp3) is 0.0870. The van der Waals surface area contributed by atoms with Crippen molar-refractivity contribution in [3.63, 3.8) is 0 Å². The first-order valence-corrected chi connectivity index (χ1v) is 12.1. The fourth-order valence-corrected chi connectivity index (χ4v) is 5.79. The normalized spacial score (nSPS) is 14.1. The Kier molecular flexibility index (Phi) is 4.99. The largest absolute Gasteiger partial charge is 0.349 e. The van der Waals surface area contributed by atoms with Crippen LogP contribution in [0, 0.1) is 0 Å². The number of carbonyl (C=O) groups is 1. The molecule has 0 spiro atoms. The van der Waals surface area contributed by atoms with Crippen LogP contribution in [0.25, 0.3) is 20.8 Å². The summed E-state index contributed by atoms with van der Waals surface area (Å²) < 4.78 is 29.5. The molecule has 1 aromatic heterocycles. The van der Waals surface area contributed by atoms with E-state index in [9.17, 15) is 13.2 Å². The zero-order valence-electron chi connectivity index (χ0n) is 17.0. The van der Waals surface area contributed by atoms with E-state index in [1.165, 1.54) is 11.0 Å². The number of hydrogen-bond acceptors (Lipinski definition) is 6. The van der Waals surface area contributed by atoms with Crippen molar-refractivity contribution in [3.05, 3.63) is 78.4 Å². The summed E-state index contributed by atoms with van der Waals surface area (Å²) in [4.78, 5) is 19.0. The number of fused-ring (bicyclic) bond motifs is 2. The van der Waals surface area contributed by atoms with Gasteiger partial charge in [0, 0.05) is 23.9 Å². The number of likely N-dealkylation sites (N-methyl/N-ethyl adjacent to an activating group) is 1. The summed E-state index contributed by atoms with van der Waals surface area (Å²) in [6.07, 6.45) is 0. The molecule has 0 bridgehead atoms. The predicted molar refractivity (Wildman–Crippen MR) is 126 cm³/mol. The van der Waals surface area contributed by atoms with Crippen LogP contribution < -0.4 is 5.32 Å². The number of anilines is 1. The summed E-state index contributed by atoms with van der Waals surface area (Å²) in [6.45, 7) is -0.0476. The molecular formula is C23H18N4O3S2. The van der Waals surface area contributed by atoms with E-state index in [2.05, 4.69) is 14.7 Å². The highest BCUT2D eigenvalue weighted by Gasteiger charge is 2.30. The van der Waals surface area contributed by atoms with Crippen molar-refractivity contribution >= 4 is 49.0 Å². The molecule has 0 unspecified atom stereocenters. The van der Waals surface area contributed by atoms with E-state index in [4.69, 9.17) is 0 Å². The van der Waals surface area contributed by atoms with Crippen molar-refractivity contribution in [2.24, 2.45) is 4.40 Å². The quantitative estimate of drug-likeness (QED) is 0.495. The minimum atomic E-state index is -3.73. The first-order valence-electron chi connectivity index (χ1n) is 9.82. The molecule has 2 heterocycles. The van der Waals surface area contributed by atoms with Crippen molar-refractivity contribution in [1.82, 2.24) is 9.88 Å². The number of carbonyl (C=O) groups excluding carboxylic acids is 1. The molecule has 7 nitrogen and oxygen atoms in total. The molecule has 1 aliphatic heterocycles. The zero-order chi connectivity index (χ0) is 22.3. The predicted octanol–water partition coefficient (Wildman–Crippen LogP) is 3.98. The van der Waals surface area contributed by atoms with E-state index in [0.717, 1.165) is 20.8 Å². The Morgan fingerprint density at radius 2 is 1.81 bits per heavy atom. The topological polar surface area (TPSA) is 91.7 Å². The molecule has 0 atom stereocenters. The second-order valence-electron chi connectivity index (χ2n) is 7.36. The molecule has 1 amide bonds. The van der Waals surface area contributed by atoms with Gasteiger partial charge in [0.2, 0.25) is 5.91 Å². The van der Waals surface area contributed by atoms with Gasteiger partial charge in [-0.15, -0.1) is 15.7 Å². The Balaban J connectivity index is 1.32. The van der Waals surface area contributed by atoms with Crippen LogP contribution in [0.1, 0.15) is 5.56 Å². The smallest absolute Gasteiger partial charge is 0.285 e. The van der Waals surface area contributed by atoms with Gasteiger partial charge in [-0.2, -0.15) is 8.42 Å². The third-order valence-electron chi connectivity index (χ3n) is 5.04. The third-order valence-corrected chi connectivity index (χ3v) is 7.45. The number of hydrogen-bond donors (Lipinski definition) is 1. The van der Waals surface area contributed by atoms with Gasteiger partial charge in [-0.3, -0.25) is 4.79 Å². The van der Waals surface area contributed by atoms with Crippen LogP contribution >= 0.6 is 11.3 Å². The standard InChI is InChI=1S/C23H18N4O3S2/c1-27(22-17-9-2-5-12-20(17)32(29,30)26-22)14-21(28)24-16-8-6-7-15(13-16)23-25-18-10-3-4-11-19(18)31-23/h2-13H,14H2,1H3,(H,24,28).